The van der Waals surface area contributed by atoms with Gasteiger partial charge in [-0.1, -0.05) is 24.3 Å². The third-order valence-electron chi connectivity index (χ3n) is 4.21. The molecule has 2 rings (SSSR count). The Hall–Kier alpha value is -3.61. The number of hydrogen-bond donors (Lipinski definition) is 2. The Bertz CT molecular complexity index is 906. The van der Waals surface area contributed by atoms with Crippen molar-refractivity contribution in [1.29, 1.82) is 0 Å². The molecule has 7 nitrogen and oxygen atoms in total. The van der Waals surface area contributed by atoms with Gasteiger partial charge in [0.2, 0.25) is 5.75 Å². The summed E-state index contributed by atoms with van der Waals surface area (Å²) < 4.78 is 20.8. The molecule has 1 atom stereocenters. The van der Waals surface area contributed by atoms with Crippen molar-refractivity contribution in [1.82, 2.24) is 0 Å². The van der Waals surface area contributed by atoms with Gasteiger partial charge in [0.15, 0.2) is 23.0 Å². The molecule has 0 aliphatic carbocycles. The molecule has 0 spiro atoms. The maximum absolute atomic E-state index is 11.5. The summed E-state index contributed by atoms with van der Waals surface area (Å²) >= 11 is 0. The lowest BCUT2D eigenvalue weighted by Gasteiger charge is -2.12. The Morgan fingerprint density at radius 2 is 1.53 bits per heavy atom. The van der Waals surface area contributed by atoms with E-state index in [0.717, 1.165) is 5.56 Å². The second kappa shape index (κ2) is 10.8. The van der Waals surface area contributed by atoms with Crippen LogP contribution in [-0.2, 0) is 9.53 Å². The van der Waals surface area contributed by atoms with Crippen molar-refractivity contribution < 1.29 is 34.0 Å². The Morgan fingerprint density at radius 1 is 0.933 bits per heavy atom. The Balaban J connectivity index is 2.17. The smallest absolute Gasteiger partial charge is 0.303 e. The standard InChI is InChI=1S/C23H26O7/c1-15(24)30-18(7-5-6-16-9-11-19(25)20(12-16)27-2)10-8-17-13-21(28-3)23(26)22(14-17)29-4/h5-6,8-14,18,25-26H,7H2,1-4H3. The molecule has 0 amide bonds. The molecule has 0 saturated heterocycles. The molecule has 2 N–H and O–H groups in total. The monoisotopic (exact) mass is 414 g/mol. The first-order chi connectivity index (χ1) is 14.4. The Labute approximate surface area is 175 Å². The molecule has 0 aromatic heterocycles. The van der Waals surface area contributed by atoms with E-state index in [1.54, 1.807) is 42.5 Å². The van der Waals surface area contributed by atoms with E-state index < -0.39 is 12.1 Å². The molecule has 1 unspecified atom stereocenters. The number of ether oxygens (including phenoxy) is 4. The highest BCUT2D eigenvalue weighted by atomic mass is 16.5. The molecular weight excluding hydrogens is 388 g/mol. The zero-order chi connectivity index (χ0) is 22.1. The van der Waals surface area contributed by atoms with Gasteiger partial charge in [-0.25, -0.2) is 0 Å². The van der Waals surface area contributed by atoms with Gasteiger partial charge in [-0.2, -0.15) is 0 Å². The lowest BCUT2D eigenvalue weighted by molar-refractivity contribution is -0.143. The van der Waals surface area contributed by atoms with Gasteiger partial charge in [0.25, 0.3) is 0 Å². The van der Waals surface area contributed by atoms with Crippen LogP contribution in [0.5, 0.6) is 28.7 Å². The first-order valence-corrected chi connectivity index (χ1v) is 9.21. The number of phenols is 2. The number of hydrogen-bond acceptors (Lipinski definition) is 7. The van der Waals surface area contributed by atoms with Gasteiger partial charge < -0.3 is 29.2 Å². The molecule has 0 fully saturated rings. The predicted molar refractivity (Wildman–Crippen MR) is 114 cm³/mol. The molecule has 2 aromatic rings. The van der Waals surface area contributed by atoms with E-state index in [1.165, 1.54) is 28.3 Å². The molecule has 2 aromatic carbocycles. The maximum atomic E-state index is 11.5. The molecule has 0 saturated carbocycles. The van der Waals surface area contributed by atoms with Gasteiger partial charge in [-0.3, -0.25) is 4.79 Å². The molecule has 0 radical (unpaired) electrons. The summed E-state index contributed by atoms with van der Waals surface area (Å²) in [5, 5.41) is 19.7. The van der Waals surface area contributed by atoms with Crippen LogP contribution in [0.2, 0.25) is 0 Å². The molecule has 0 aliphatic heterocycles. The fourth-order valence-electron chi connectivity index (χ4n) is 2.74. The summed E-state index contributed by atoms with van der Waals surface area (Å²) in [7, 11) is 4.39. The topological polar surface area (TPSA) is 94.5 Å². The average molecular weight is 414 g/mol. The van der Waals surface area contributed by atoms with Crippen molar-refractivity contribution in [2.24, 2.45) is 0 Å². The molecule has 0 heterocycles. The van der Waals surface area contributed by atoms with E-state index >= 15 is 0 Å². The van der Waals surface area contributed by atoms with Gasteiger partial charge in [0, 0.05) is 13.3 Å². The molecule has 0 aliphatic rings. The van der Waals surface area contributed by atoms with Crippen LogP contribution in [0.15, 0.2) is 42.5 Å². The van der Waals surface area contributed by atoms with E-state index in [2.05, 4.69) is 0 Å². The largest absolute Gasteiger partial charge is 0.504 e. The zero-order valence-corrected chi connectivity index (χ0v) is 17.4. The van der Waals surface area contributed by atoms with Crippen LogP contribution in [0.25, 0.3) is 12.2 Å². The van der Waals surface area contributed by atoms with Crippen LogP contribution in [0.3, 0.4) is 0 Å². The van der Waals surface area contributed by atoms with E-state index in [-0.39, 0.29) is 23.0 Å². The summed E-state index contributed by atoms with van der Waals surface area (Å²) in [4.78, 5) is 11.5. The number of rotatable bonds is 9. The fraction of sp³-hybridized carbons (Fsp3) is 0.261. The lowest BCUT2D eigenvalue weighted by Crippen LogP contribution is -2.12. The molecular formula is C23H26O7. The first-order valence-electron chi connectivity index (χ1n) is 9.21. The van der Waals surface area contributed by atoms with E-state index in [0.29, 0.717) is 17.7 Å². The summed E-state index contributed by atoms with van der Waals surface area (Å²) in [5.74, 6) is 0.517. The van der Waals surface area contributed by atoms with Crippen LogP contribution in [-0.4, -0.2) is 43.6 Å². The average Bonchev–Trinajstić information content (AvgIpc) is 2.73. The van der Waals surface area contributed by atoms with Crippen molar-refractivity contribution >= 4 is 18.1 Å². The van der Waals surface area contributed by atoms with Crippen LogP contribution in [0, 0.1) is 0 Å². The van der Waals surface area contributed by atoms with Gasteiger partial charge in [-0.15, -0.1) is 0 Å². The van der Waals surface area contributed by atoms with E-state index in [4.69, 9.17) is 18.9 Å². The highest BCUT2D eigenvalue weighted by molar-refractivity contribution is 5.67. The molecule has 0 bridgehead atoms. The van der Waals surface area contributed by atoms with Crippen LogP contribution in [0.1, 0.15) is 24.5 Å². The van der Waals surface area contributed by atoms with Crippen molar-refractivity contribution in [3.05, 3.63) is 53.6 Å². The summed E-state index contributed by atoms with van der Waals surface area (Å²) in [6.45, 7) is 1.35. The second-order valence-corrected chi connectivity index (χ2v) is 6.35. The molecule has 30 heavy (non-hydrogen) atoms. The number of phenolic OH excluding ortho intramolecular Hbond substituents is 2. The molecule has 7 heteroatoms. The van der Waals surface area contributed by atoms with E-state index in [1.807, 2.05) is 12.2 Å². The van der Waals surface area contributed by atoms with Gasteiger partial charge >= 0.3 is 5.97 Å². The van der Waals surface area contributed by atoms with Crippen LogP contribution >= 0.6 is 0 Å². The number of methoxy groups -OCH3 is 3. The van der Waals surface area contributed by atoms with Gasteiger partial charge in [0.1, 0.15) is 6.10 Å². The van der Waals surface area contributed by atoms with Crippen molar-refractivity contribution in [3.8, 4) is 28.7 Å². The highest BCUT2D eigenvalue weighted by Gasteiger charge is 2.11. The number of esters is 1. The molecule has 160 valence electrons. The van der Waals surface area contributed by atoms with Crippen molar-refractivity contribution in [2.45, 2.75) is 19.4 Å². The quantitative estimate of drug-likeness (QED) is 0.595. The fourth-order valence-corrected chi connectivity index (χ4v) is 2.74. The SMILES string of the molecule is COc1cc(C=CCC(C=Cc2cc(OC)c(O)c(OC)c2)OC(C)=O)ccc1O. The second-order valence-electron chi connectivity index (χ2n) is 6.35. The van der Waals surface area contributed by atoms with E-state index in [9.17, 15) is 15.0 Å². The van der Waals surface area contributed by atoms with Crippen molar-refractivity contribution in [3.63, 3.8) is 0 Å². The van der Waals surface area contributed by atoms with Crippen LogP contribution < -0.4 is 14.2 Å². The first kappa shape index (κ1) is 22.7. The number of carbonyl (C=O) groups is 1. The lowest BCUT2D eigenvalue weighted by atomic mass is 10.1. The summed E-state index contributed by atoms with van der Waals surface area (Å²) in [5.41, 5.74) is 1.55. The normalized spacial score (nSPS) is 12.1. The third-order valence-corrected chi connectivity index (χ3v) is 4.21. The van der Waals surface area contributed by atoms with Gasteiger partial charge in [-0.05, 0) is 41.5 Å². The Kier molecular flexibility index (Phi) is 8.17. The minimum absolute atomic E-state index is 0.0649. The predicted octanol–water partition coefficient (Wildman–Crippen LogP) is 4.17. The summed E-state index contributed by atoms with van der Waals surface area (Å²) in [6, 6.07) is 8.31. The number of carbonyl (C=O) groups excluding carboxylic acids is 1. The number of benzene rings is 2. The third kappa shape index (κ3) is 6.20. The number of aromatic hydroxyl groups is 2. The zero-order valence-electron chi connectivity index (χ0n) is 17.4. The highest BCUT2D eigenvalue weighted by Crippen LogP contribution is 2.37. The Morgan fingerprint density at radius 3 is 2.10 bits per heavy atom. The van der Waals surface area contributed by atoms with Crippen molar-refractivity contribution in [2.75, 3.05) is 21.3 Å². The minimum Gasteiger partial charge on any atom is -0.504 e. The maximum Gasteiger partial charge on any atom is 0.303 e. The summed E-state index contributed by atoms with van der Waals surface area (Å²) in [6.07, 6.45) is 7.15. The minimum atomic E-state index is -0.497. The van der Waals surface area contributed by atoms with Crippen LogP contribution in [0.4, 0.5) is 0 Å². The van der Waals surface area contributed by atoms with Gasteiger partial charge in [0.05, 0.1) is 21.3 Å².